The quantitative estimate of drug-likeness (QED) is 0.645. The summed E-state index contributed by atoms with van der Waals surface area (Å²) >= 11 is 0. The maximum atomic E-state index is 13.1. The summed E-state index contributed by atoms with van der Waals surface area (Å²) < 4.78 is 0. The number of amides is 2. The van der Waals surface area contributed by atoms with Crippen molar-refractivity contribution in [2.24, 2.45) is 5.92 Å². The lowest BCUT2D eigenvalue weighted by atomic mass is 9.81. The first kappa shape index (κ1) is 14.0. The van der Waals surface area contributed by atoms with E-state index in [1.165, 1.54) is 4.90 Å². The highest BCUT2D eigenvalue weighted by Gasteiger charge is 2.44. The number of nitrogens with two attached hydrogens (primary N) is 1. The molecule has 5 heteroatoms. The zero-order chi connectivity index (χ0) is 16.4. The van der Waals surface area contributed by atoms with Gasteiger partial charge in [0.15, 0.2) is 0 Å². The zero-order valence-corrected chi connectivity index (χ0v) is 13.4. The molecule has 0 aliphatic carbocycles. The molecule has 24 heavy (non-hydrogen) atoms. The number of piperidine rings is 3. The second-order valence-electron chi connectivity index (χ2n) is 7.12. The summed E-state index contributed by atoms with van der Waals surface area (Å²) in [5.41, 5.74) is 7.86. The Balaban J connectivity index is 1.67. The van der Waals surface area contributed by atoms with Crippen molar-refractivity contribution in [1.82, 2.24) is 9.80 Å². The topological polar surface area (TPSA) is 66.6 Å². The van der Waals surface area contributed by atoms with Gasteiger partial charge in [-0.15, -0.1) is 0 Å². The summed E-state index contributed by atoms with van der Waals surface area (Å²) in [6.07, 6.45) is 2.14. The minimum absolute atomic E-state index is 0.00606. The van der Waals surface area contributed by atoms with Gasteiger partial charge in [-0.05, 0) is 50.0 Å². The fraction of sp³-hybridized carbons (Fsp3) is 0.368. The van der Waals surface area contributed by atoms with E-state index in [1.54, 1.807) is 12.1 Å². The van der Waals surface area contributed by atoms with E-state index >= 15 is 0 Å². The lowest BCUT2D eigenvalue weighted by Gasteiger charge is -2.49. The maximum Gasteiger partial charge on any atom is 0.261 e. The largest absolute Gasteiger partial charge is 0.398 e. The first-order chi connectivity index (χ1) is 11.6. The number of carbonyl (C=O) groups is 2. The molecule has 0 spiro atoms. The summed E-state index contributed by atoms with van der Waals surface area (Å²) in [5.74, 6) is 0.0994. The molecule has 2 amide bonds. The standard InChI is InChI=1S/C19H19N3O2/c20-15-5-4-14-17-12(15)2-1-3-13(17)18(23)22(19(14)24)16-10-21-8-6-11(16)7-9-21/h1-5,11,16H,6-10,20H2. The highest BCUT2D eigenvalue weighted by molar-refractivity contribution is 6.26. The zero-order valence-electron chi connectivity index (χ0n) is 13.4. The van der Waals surface area contributed by atoms with Crippen LogP contribution in [0.2, 0.25) is 0 Å². The number of carbonyl (C=O) groups excluding carboxylic acids is 2. The molecule has 122 valence electrons. The van der Waals surface area contributed by atoms with Gasteiger partial charge >= 0.3 is 0 Å². The van der Waals surface area contributed by atoms with Crippen molar-refractivity contribution >= 4 is 28.3 Å². The molecule has 2 aromatic carbocycles. The molecule has 6 rings (SSSR count). The Morgan fingerprint density at radius 2 is 1.67 bits per heavy atom. The molecule has 0 aromatic heterocycles. The summed E-state index contributed by atoms with van der Waals surface area (Å²) in [7, 11) is 0. The van der Waals surface area contributed by atoms with E-state index in [1.807, 2.05) is 18.2 Å². The minimum Gasteiger partial charge on any atom is -0.398 e. The molecule has 2 aromatic rings. The Morgan fingerprint density at radius 1 is 0.958 bits per heavy atom. The van der Waals surface area contributed by atoms with Gasteiger partial charge in [-0.3, -0.25) is 14.5 Å². The van der Waals surface area contributed by atoms with Gasteiger partial charge in [0, 0.05) is 34.1 Å². The van der Waals surface area contributed by atoms with E-state index in [0.29, 0.717) is 28.1 Å². The van der Waals surface area contributed by atoms with Crippen LogP contribution >= 0.6 is 0 Å². The van der Waals surface area contributed by atoms with Crippen molar-refractivity contribution in [1.29, 1.82) is 0 Å². The van der Waals surface area contributed by atoms with Crippen molar-refractivity contribution in [2.45, 2.75) is 18.9 Å². The van der Waals surface area contributed by atoms with Crippen LogP contribution in [0.5, 0.6) is 0 Å². The Hall–Kier alpha value is -2.40. The predicted octanol–water partition coefficient (Wildman–Crippen LogP) is 2.11. The molecule has 0 radical (unpaired) electrons. The second-order valence-corrected chi connectivity index (χ2v) is 7.12. The summed E-state index contributed by atoms with van der Waals surface area (Å²) in [4.78, 5) is 30.2. The lowest BCUT2D eigenvalue weighted by molar-refractivity contribution is 0.00882. The summed E-state index contributed by atoms with van der Waals surface area (Å²) in [6.45, 7) is 2.97. The summed E-state index contributed by atoms with van der Waals surface area (Å²) in [6, 6.07) is 9.07. The van der Waals surface area contributed by atoms with E-state index in [4.69, 9.17) is 5.73 Å². The number of rotatable bonds is 1. The molecule has 1 unspecified atom stereocenters. The third-order valence-corrected chi connectivity index (χ3v) is 5.93. The molecule has 4 aliphatic heterocycles. The van der Waals surface area contributed by atoms with Gasteiger partial charge in [0.25, 0.3) is 11.8 Å². The smallest absolute Gasteiger partial charge is 0.261 e. The molecule has 3 fully saturated rings. The van der Waals surface area contributed by atoms with Crippen LogP contribution in [-0.2, 0) is 0 Å². The number of hydrogen-bond acceptors (Lipinski definition) is 4. The van der Waals surface area contributed by atoms with Crippen molar-refractivity contribution in [2.75, 3.05) is 25.4 Å². The van der Waals surface area contributed by atoms with Crippen LogP contribution in [0.1, 0.15) is 33.6 Å². The average Bonchev–Trinajstić information content (AvgIpc) is 2.62. The monoisotopic (exact) mass is 321 g/mol. The fourth-order valence-electron chi connectivity index (χ4n) is 4.67. The van der Waals surface area contributed by atoms with Crippen molar-refractivity contribution < 1.29 is 9.59 Å². The van der Waals surface area contributed by atoms with Gasteiger partial charge in [-0.1, -0.05) is 12.1 Å². The number of benzene rings is 2. The molecule has 2 N–H and O–H groups in total. The first-order valence-corrected chi connectivity index (χ1v) is 8.56. The highest BCUT2D eigenvalue weighted by Crippen LogP contribution is 2.38. The molecule has 5 nitrogen and oxygen atoms in total. The maximum absolute atomic E-state index is 13.1. The molecular weight excluding hydrogens is 302 g/mol. The molecule has 0 saturated carbocycles. The SMILES string of the molecule is Nc1ccc2c3c(cccc13)C(=O)N(C1CN3CCC1CC3)C2=O. The van der Waals surface area contributed by atoms with E-state index < -0.39 is 0 Å². The van der Waals surface area contributed by atoms with Gasteiger partial charge in [0.2, 0.25) is 0 Å². The third-order valence-electron chi connectivity index (χ3n) is 5.93. The third kappa shape index (κ3) is 1.73. The molecule has 3 saturated heterocycles. The Labute approximate surface area is 140 Å². The van der Waals surface area contributed by atoms with Crippen LogP contribution in [0.25, 0.3) is 10.8 Å². The van der Waals surface area contributed by atoms with E-state index in [0.717, 1.165) is 37.9 Å². The van der Waals surface area contributed by atoms with Crippen LogP contribution in [-0.4, -0.2) is 47.3 Å². The molecular formula is C19H19N3O2. The highest BCUT2D eigenvalue weighted by atomic mass is 16.2. The number of imide groups is 1. The Morgan fingerprint density at radius 3 is 2.33 bits per heavy atom. The fourth-order valence-corrected chi connectivity index (χ4v) is 4.67. The average molecular weight is 321 g/mol. The number of fused-ring (bicyclic) bond motifs is 3. The van der Waals surface area contributed by atoms with Gasteiger partial charge in [0.05, 0.1) is 6.04 Å². The lowest BCUT2D eigenvalue weighted by Crippen LogP contribution is -2.60. The Kier molecular flexibility index (Phi) is 2.80. The van der Waals surface area contributed by atoms with E-state index in [2.05, 4.69) is 4.90 Å². The molecule has 4 aliphatic rings. The van der Waals surface area contributed by atoms with Crippen LogP contribution in [0.15, 0.2) is 30.3 Å². The second kappa shape index (κ2) is 4.80. The van der Waals surface area contributed by atoms with E-state index in [-0.39, 0.29) is 17.9 Å². The van der Waals surface area contributed by atoms with Crippen LogP contribution in [0, 0.1) is 5.92 Å². The normalized spacial score (nSPS) is 28.7. The number of anilines is 1. The van der Waals surface area contributed by atoms with Crippen LogP contribution < -0.4 is 5.73 Å². The molecule has 1 atom stereocenters. The number of hydrogen-bond donors (Lipinski definition) is 1. The van der Waals surface area contributed by atoms with Gasteiger partial charge in [-0.2, -0.15) is 0 Å². The number of nitrogens with zero attached hydrogens (tertiary/aromatic N) is 2. The van der Waals surface area contributed by atoms with Crippen LogP contribution in [0.3, 0.4) is 0 Å². The number of nitrogen functional groups attached to an aromatic ring is 1. The minimum atomic E-state index is -0.164. The van der Waals surface area contributed by atoms with Crippen LogP contribution in [0.4, 0.5) is 5.69 Å². The molecule has 2 bridgehead atoms. The van der Waals surface area contributed by atoms with Gasteiger partial charge < -0.3 is 10.6 Å². The van der Waals surface area contributed by atoms with Crippen molar-refractivity contribution in [3.63, 3.8) is 0 Å². The predicted molar refractivity (Wildman–Crippen MR) is 91.8 cm³/mol. The van der Waals surface area contributed by atoms with Crippen molar-refractivity contribution in [3.05, 3.63) is 41.5 Å². The first-order valence-electron chi connectivity index (χ1n) is 8.56. The molecule has 4 heterocycles. The van der Waals surface area contributed by atoms with Gasteiger partial charge in [-0.25, -0.2) is 0 Å². The summed E-state index contributed by atoms with van der Waals surface area (Å²) in [5, 5.41) is 1.50. The van der Waals surface area contributed by atoms with Crippen molar-refractivity contribution in [3.8, 4) is 0 Å². The van der Waals surface area contributed by atoms with E-state index in [9.17, 15) is 9.59 Å². The Bertz CT molecular complexity index is 861. The van der Waals surface area contributed by atoms with Gasteiger partial charge in [0.1, 0.15) is 0 Å².